The van der Waals surface area contributed by atoms with E-state index in [0.29, 0.717) is 13.1 Å². The molecule has 0 aliphatic carbocycles. The van der Waals surface area contributed by atoms with Gasteiger partial charge in [-0.25, -0.2) is 22.4 Å². The molecular weight excluding hydrogens is 248 g/mol. The molecule has 0 radical (unpaired) electrons. The summed E-state index contributed by atoms with van der Waals surface area (Å²) in [6, 6.07) is 0. The molecule has 2 saturated heterocycles. The molecule has 2 amide bonds. The Bertz CT molecular complexity index is 424. The van der Waals surface area contributed by atoms with E-state index >= 15 is 0 Å². The number of ether oxygens (including phenoxy) is 1. The summed E-state index contributed by atoms with van der Waals surface area (Å²) in [6.07, 6.45) is -0.633. The number of imide groups is 1. The minimum atomic E-state index is -3.14. The molecule has 7 nitrogen and oxygen atoms in total. The van der Waals surface area contributed by atoms with Crippen molar-refractivity contribution in [1.82, 2.24) is 9.21 Å². The van der Waals surface area contributed by atoms with E-state index in [0.717, 1.165) is 4.90 Å². The Morgan fingerprint density at radius 1 is 1.35 bits per heavy atom. The van der Waals surface area contributed by atoms with Crippen molar-refractivity contribution in [1.29, 1.82) is 0 Å². The summed E-state index contributed by atoms with van der Waals surface area (Å²) in [4.78, 5) is 23.4. The Morgan fingerprint density at radius 2 is 2.00 bits per heavy atom. The van der Waals surface area contributed by atoms with Crippen molar-refractivity contribution in [2.75, 3.05) is 32.0 Å². The highest BCUT2D eigenvalue weighted by atomic mass is 32.2. The second-order valence-corrected chi connectivity index (χ2v) is 6.40. The molecule has 0 bridgehead atoms. The quantitative estimate of drug-likeness (QED) is 0.665. The van der Waals surface area contributed by atoms with E-state index in [1.54, 1.807) is 6.92 Å². The number of nitrogens with zero attached hydrogens (tertiary/aromatic N) is 2. The third-order valence-electron chi connectivity index (χ3n) is 2.96. The van der Waals surface area contributed by atoms with E-state index in [9.17, 15) is 18.0 Å². The predicted molar refractivity (Wildman–Crippen MR) is 57.6 cm³/mol. The lowest BCUT2D eigenvalue weighted by Crippen LogP contribution is -2.54. The van der Waals surface area contributed by atoms with Crippen LogP contribution in [0.1, 0.15) is 6.92 Å². The average molecular weight is 262 g/mol. The van der Waals surface area contributed by atoms with Crippen LogP contribution in [0, 0.1) is 5.92 Å². The zero-order valence-electron chi connectivity index (χ0n) is 9.46. The van der Waals surface area contributed by atoms with Gasteiger partial charge in [0.1, 0.15) is 0 Å². The second-order valence-electron chi connectivity index (χ2n) is 4.14. The smallest absolute Gasteiger partial charge is 0.417 e. The highest BCUT2D eigenvalue weighted by Gasteiger charge is 2.40. The van der Waals surface area contributed by atoms with Crippen LogP contribution >= 0.6 is 0 Å². The summed E-state index contributed by atoms with van der Waals surface area (Å²) in [7, 11) is -3.14. The van der Waals surface area contributed by atoms with Gasteiger partial charge >= 0.3 is 6.09 Å². The van der Waals surface area contributed by atoms with Gasteiger partial charge in [0.25, 0.3) is 5.91 Å². The summed E-state index contributed by atoms with van der Waals surface area (Å²) in [6.45, 7) is 2.36. The molecular formula is C9H14N2O5S. The molecule has 2 aliphatic heterocycles. The first-order valence-electron chi connectivity index (χ1n) is 5.39. The summed E-state index contributed by atoms with van der Waals surface area (Å²) in [5.41, 5.74) is 0. The first-order valence-corrected chi connectivity index (χ1v) is 7.00. The molecule has 0 spiro atoms. The number of sulfonamides is 1. The summed E-state index contributed by atoms with van der Waals surface area (Å²) < 4.78 is 28.8. The molecule has 2 rings (SSSR count). The zero-order chi connectivity index (χ0) is 12.6. The van der Waals surface area contributed by atoms with Crippen LogP contribution in [0.4, 0.5) is 4.79 Å². The van der Waals surface area contributed by atoms with Crippen molar-refractivity contribution in [3.63, 3.8) is 0 Å². The van der Waals surface area contributed by atoms with Crippen LogP contribution in [0.25, 0.3) is 0 Å². The first-order chi connectivity index (χ1) is 7.94. The van der Waals surface area contributed by atoms with Crippen molar-refractivity contribution in [3.05, 3.63) is 0 Å². The van der Waals surface area contributed by atoms with Crippen LogP contribution in [0.2, 0.25) is 0 Å². The molecule has 17 heavy (non-hydrogen) atoms. The fourth-order valence-corrected chi connectivity index (χ4v) is 3.10. The number of carbonyl (C=O) groups is 2. The van der Waals surface area contributed by atoms with Crippen molar-refractivity contribution in [2.45, 2.75) is 6.92 Å². The molecule has 0 aromatic carbocycles. The van der Waals surface area contributed by atoms with Crippen molar-refractivity contribution in [2.24, 2.45) is 5.92 Å². The van der Waals surface area contributed by atoms with Gasteiger partial charge < -0.3 is 4.74 Å². The minimum Gasteiger partial charge on any atom is -0.439 e. The predicted octanol–water partition coefficient (Wildman–Crippen LogP) is -0.753. The van der Waals surface area contributed by atoms with Gasteiger partial charge in [0.2, 0.25) is 10.0 Å². The van der Waals surface area contributed by atoms with Gasteiger partial charge in [-0.15, -0.1) is 0 Å². The Hall–Kier alpha value is -1.15. The third kappa shape index (κ3) is 2.27. The normalized spacial score (nSPS) is 22.8. The van der Waals surface area contributed by atoms with Crippen LogP contribution in [-0.2, 0) is 19.6 Å². The molecule has 2 fully saturated rings. The van der Waals surface area contributed by atoms with Crippen LogP contribution in [0.15, 0.2) is 0 Å². The van der Waals surface area contributed by atoms with Crippen LogP contribution in [0.5, 0.6) is 0 Å². The van der Waals surface area contributed by atoms with Gasteiger partial charge in [0, 0.05) is 25.6 Å². The van der Waals surface area contributed by atoms with E-state index in [4.69, 9.17) is 0 Å². The number of hydrogen-bond acceptors (Lipinski definition) is 5. The number of hydrogen-bond donors (Lipinski definition) is 0. The molecule has 0 aromatic rings. The van der Waals surface area contributed by atoms with Crippen LogP contribution in [0.3, 0.4) is 0 Å². The van der Waals surface area contributed by atoms with Gasteiger partial charge in [-0.2, -0.15) is 0 Å². The fourth-order valence-electron chi connectivity index (χ4n) is 1.86. The molecule has 96 valence electrons. The van der Waals surface area contributed by atoms with Gasteiger partial charge in [0.15, 0.2) is 6.61 Å². The highest BCUT2D eigenvalue weighted by Crippen LogP contribution is 2.22. The van der Waals surface area contributed by atoms with Gasteiger partial charge in [-0.1, -0.05) is 0 Å². The Labute approximate surface area is 99.4 Å². The molecule has 2 heterocycles. The summed E-state index contributed by atoms with van der Waals surface area (Å²) in [5.74, 6) is -0.262. The largest absolute Gasteiger partial charge is 0.439 e. The molecule has 8 heteroatoms. The number of carbonyl (C=O) groups excluding carboxylic acids is 2. The van der Waals surface area contributed by atoms with E-state index in [-0.39, 0.29) is 30.7 Å². The van der Waals surface area contributed by atoms with Gasteiger partial charge in [-0.3, -0.25) is 4.79 Å². The molecule has 0 aromatic heterocycles. The maximum absolute atomic E-state index is 11.4. The van der Waals surface area contributed by atoms with Crippen molar-refractivity contribution in [3.8, 4) is 0 Å². The van der Waals surface area contributed by atoms with Crippen molar-refractivity contribution >= 4 is 22.0 Å². The lowest BCUT2D eigenvalue weighted by molar-refractivity contribution is -0.126. The molecule has 0 atom stereocenters. The number of rotatable bonds is 4. The molecule has 0 saturated carbocycles. The van der Waals surface area contributed by atoms with E-state index in [1.807, 2.05) is 0 Å². The fraction of sp³-hybridized carbons (Fsp3) is 0.778. The van der Waals surface area contributed by atoms with E-state index in [2.05, 4.69) is 4.74 Å². The number of amides is 2. The lowest BCUT2D eigenvalue weighted by atomic mass is 10.0. The topological polar surface area (TPSA) is 84.0 Å². The Balaban J connectivity index is 1.85. The molecule has 0 N–H and O–H groups in total. The molecule has 2 aliphatic rings. The van der Waals surface area contributed by atoms with Gasteiger partial charge in [0.05, 0.1) is 5.75 Å². The zero-order valence-corrected chi connectivity index (χ0v) is 10.3. The average Bonchev–Trinajstić information content (AvgIpc) is 2.52. The maximum Gasteiger partial charge on any atom is 0.417 e. The second kappa shape index (κ2) is 4.26. The minimum absolute atomic E-state index is 0.0194. The van der Waals surface area contributed by atoms with Crippen molar-refractivity contribution < 1.29 is 22.7 Å². The third-order valence-corrected chi connectivity index (χ3v) is 4.78. The number of cyclic esters (lactones) is 1. The Kier molecular flexibility index (Phi) is 3.09. The Morgan fingerprint density at radius 3 is 2.47 bits per heavy atom. The van der Waals surface area contributed by atoms with Gasteiger partial charge in [-0.05, 0) is 6.92 Å². The van der Waals surface area contributed by atoms with Crippen LogP contribution in [-0.4, -0.2) is 61.6 Å². The highest BCUT2D eigenvalue weighted by molar-refractivity contribution is 7.89. The van der Waals surface area contributed by atoms with E-state index < -0.39 is 16.1 Å². The first kappa shape index (κ1) is 12.3. The monoisotopic (exact) mass is 262 g/mol. The summed E-state index contributed by atoms with van der Waals surface area (Å²) >= 11 is 0. The van der Waals surface area contributed by atoms with E-state index in [1.165, 1.54) is 4.31 Å². The molecule has 0 unspecified atom stereocenters. The lowest BCUT2D eigenvalue weighted by Gasteiger charge is -2.38. The standard InChI is InChI=1S/C9H14N2O5S/c1-2-17(14,15)10-3-7(4-10)5-11-8(12)6-16-9(11)13/h7H,2-6H2,1H3. The maximum atomic E-state index is 11.4. The summed E-state index contributed by atoms with van der Waals surface area (Å²) in [5, 5.41) is 0. The SMILES string of the molecule is CCS(=O)(=O)N1CC(CN2C(=O)COC2=O)C1. The van der Waals surface area contributed by atoms with Crippen LogP contribution < -0.4 is 0 Å².